The quantitative estimate of drug-likeness (QED) is 0.783. The molecule has 1 amide bonds. The number of nitrogens with one attached hydrogen (secondary N) is 1. The summed E-state index contributed by atoms with van der Waals surface area (Å²) in [7, 11) is 0. The number of hydrogen-bond acceptors (Lipinski definition) is 4. The van der Waals surface area contributed by atoms with E-state index in [4.69, 9.17) is 15.2 Å². The van der Waals surface area contributed by atoms with Crippen molar-refractivity contribution in [2.75, 3.05) is 32.1 Å². The van der Waals surface area contributed by atoms with Crippen LogP contribution >= 0.6 is 0 Å². The number of hydrogen-bond donors (Lipinski definition) is 2. The van der Waals surface area contributed by atoms with E-state index in [9.17, 15) is 4.79 Å². The molecule has 1 aromatic rings. The summed E-state index contributed by atoms with van der Waals surface area (Å²) >= 11 is 0. The maximum absolute atomic E-state index is 11.6. The number of nitrogens with two attached hydrogens (primary N) is 1. The number of carbonyl (C=O) groups excluding carboxylic acids is 1. The Hall–Kier alpha value is -1.75. The van der Waals surface area contributed by atoms with Crippen LogP contribution in [0.4, 0.5) is 5.69 Å². The van der Waals surface area contributed by atoms with Gasteiger partial charge in [-0.15, -0.1) is 0 Å². The Balaban J connectivity index is 1.65. The fourth-order valence-electron chi connectivity index (χ4n) is 1.99. The average molecular weight is 264 g/mol. The number of anilines is 1. The summed E-state index contributed by atoms with van der Waals surface area (Å²) in [5, 5.41) is 2.87. The molecule has 0 saturated carbocycles. The highest BCUT2D eigenvalue weighted by Crippen LogP contribution is 2.13. The molecule has 0 aliphatic carbocycles. The van der Waals surface area contributed by atoms with E-state index in [1.165, 1.54) is 0 Å². The van der Waals surface area contributed by atoms with Gasteiger partial charge in [0.1, 0.15) is 5.75 Å². The summed E-state index contributed by atoms with van der Waals surface area (Å²) in [6, 6.07) is 6.98. The molecule has 0 radical (unpaired) electrons. The molecule has 0 bridgehead atoms. The highest BCUT2D eigenvalue weighted by molar-refractivity contribution is 5.77. The van der Waals surface area contributed by atoms with E-state index < -0.39 is 0 Å². The van der Waals surface area contributed by atoms with E-state index in [1.807, 2.05) is 0 Å². The van der Waals surface area contributed by atoms with Crippen LogP contribution in [0.5, 0.6) is 5.75 Å². The molecule has 0 aromatic heterocycles. The summed E-state index contributed by atoms with van der Waals surface area (Å²) in [4.78, 5) is 11.6. The lowest BCUT2D eigenvalue weighted by Crippen LogP contribution is -2.35. The van der Waals surface area contributed by atoms with Crippen LogP contribution < -0.4 is 15.8 Å². The molecule has 1 saturated heterocycles. The monoisotopic (exact) mass is 264 g/mol. The molecule has 104 valence electrons. The minimum atomic E-state index is -0.109. The summed E-state index contributed by atoms with van der Waals surface area (Å²) in [6.07, 6.45) is 2.18. The number of carbonyl (C=O) groups is 1. The largest absolute Gasteiger partial charge is 0.484 e. The van der Waals surface area contributed by atoms with Gasteiger partial charge in [-0.1, -0.05) is 0 Å². The summed E-state index contributed by atoms with van der Waals surface area (Å²) < 4.78 is 10.7. The van der Waals surface area contributed by atoms with Crippen LogP contribution in [0.2, 0.25) is 0 Å². The van der Waals surface area contributed by atoms with Gasteiger partial charge in [-0.05, 0) is 43.0 Å². The predicted octanol–water partition coefficient (Wildman–Crippen LogP) is 1.19. The van der Waals surface area contributed by atoms with Crippen molar-refractivity contribution < 1.29 is 14.3 Å². The first-order valence-electron chi connectivity index (χ1n) is 6.57. The van der Waals surface area contributed by atoms with E-state index in [0.717, 1.165) is 26.1 Å². The normalized spacial score (nSPS) is 18.8. The maximum Gasteiger partial charge on any atom is 0.257 e. The molecule has 1 aliphatic rings. The Labute approximate surface area is 113 Å². The molecule has 1 unspecified atom stereocenters. The van der Waals surface area contributed by atoms with Crippen LogP contribution in [0.3, 0.4) is 0 Å². The fraction of sp³-hybridized carbons (Fsp3) is 0.500. The molecule has 3 N–H and O–H groups in total. The molecule has 19 heavy (non-hydrogen) atoms. The second-order valence-electron chi connectivity index (χ2n) is 4.74. The van der Waals surface area contributed by atoms with Gasteiger partial charge in [0.15, 0.2) is 6.61 Å². The van der Waals surface area contributed by atoms with E-state index in [1.54, 1.807) is 24.3 Å². The van der Waals surface area contributed by atoms with Crippen molar-refractivity contribution in [3.05, 3.63) is 24.3 Å². The number of amides is 1. The van der Waals surface area contributed by atoms with Crippen LogP contribution in [0.1, 0.15) is 12.8 Å². The lowest BCUT2D eigenvalue weighted by molar-refractivity contribution is -0.123. The van der Waals surface area contributed by atoms with Crippen LogP contribution in [0.15, 0.2) is 24.3 Å². The van der Waals surface area contributed by atoms with Gasteiger partial charge in [0, 0.05) is 18.8 Å². The van der Waals surface area contributed by atoms with Gasteiger partial charge in [0.25, 0.3) is 5.91 Å². The molecular weight excluding hydrogens is 244 g/mol. The van der Waals surface area contributed by atoms with Gasteiger partial charge in [-0.25, -0.2) is 0 Å². The van der Waals surface area contributed by atoms with Crippen LogP contribution in [-0.4, -0.2) is 32.3 Å². The van der Waals surface area contributed by atoms with E-state index >= 15 is 0 Å². The van der Waals surface area contributed by atoms with Gasteiger partial charge in [0.2, 0.25) is 0 Å². The van der Waals surface area contributed by atoms with Crippen molar-refractivity contribution in [3.8, 4) is 5.75 Å². The Morgan fingerprint density at radius 2 is 2.21 bits per heavy atom. The van der Waals surface area contributed by atoms with Crippen molar-refractivity contribution in [2.45, 2.75) is 12.8 Å². The molecule has 5 nitrogen and oxygen atoms in total. The summed E-state index contributed by atoms with van der Waals surface area (Å²) in [5.74, 6) is 0.960. The van der Waals surface area contributed by atoms with Crippen LogP contribution in [-0.2, 0) is 9.53 Å². The predicted molar refractivity (Wildman–Crippen MR) is 72.9 cm³/mol. The van der Waals surface area contributed by atoms with Gasteiger partial charge >= 0.3 is 0 Å². The highest BCUT2D eigenvalue weighted by Gasteiger charge is 2.14. The lowest BCUT2D eigenvalue weighted by atomic mass is 10.0. The molecule has 5 heteroatoms. The first-order valence-corrected chi connectivity index (χ1v) is 6.57. The minimum absolute atomic E-state index is 0.0253. The Kier molecular flexibility index (Phi) is 5.03. The minimum Gasteiger partial charge on any atom is -0.484 e. The standard InChI is InChI=1S/C14H20N2O3/c15-12-3-5-13(6-4-12)19-10-14(17)16-8-11-2-1-7-18-9-11/h3-6,11H,1-2,7-10,15H2,(H,16,17). The van der Waals surface area contributed by atoms with Crippen LogP contribution in [0.25, 0.3) is 0 Å². The highest BCUT2D eigenvalue weighted by atomic mass is 16.5. The topological polar surface area (TPSA) is 73.6 Å². The first kappa shape index (κ1) is 13.7. The molecule has 1 aliphatic heterocycles. The van der Waals surface area contributed by atoms with E-state index in [-0.39, 0.29) is 12.5 Å². The van der Waals surface area contributed by atoms with Gasteiger partial charge in [-0.2, -0.15) is 0 Å². The second kappa shape index (κ2) is 6.99. The SMILES string of the molecule is Nc1ccc(OCC(=O)NCC2CCCOC2)cc1. The average Bonchev–Trinajstić information content (AvgIpc) is 2.45. The third-order valence-corrected chi connectivity index (χ3v) is 3.09. The third kappa shape index (κ3) is 4.79. The Morgan fingerprint density at radius 1 is 1.42 bits per heavy atom. The number of nitrogen functional groups attached to an aromatic ring is 1. The number of rotatable bonds is 5. The number of ether oxygens (including phenoxy) is 2. The number of benzene rings is 1. The van der Waals surface area contributed by atoms with Crippen molar-refractivity contribution in [1.82, 2.24) is 5.32 Å². The molecule has 1 heterocycles. The maximum atomic E-state index is 11.6. The molecule has 1 aromatic carbocycles. The van der Waals surface area contributed by atoms with E-state index in [0.29, 0.717) is 23.9 Å². The van der Waals surface area contributed by atoms with Gasteiger partial charge in [-0.3, -0.25) is 4.79 Å². The zero-order valence-corrected chi connectivity index (χ0v) is 10.9. The molecule has 0 spiro atoms. The fourth-order valence-corrected chi connectivity index (χ4v) is 1.99. The van der Waals surface area contributed by atoms with E-state index in [2.05, 4.69) is 5.32 Å². The van der Waals surface area contributed by atoms with Crippen molar-refractivity contribution >= 4 is 11.6 Å². The first-order chi connectivity index (χ1) is 9.24. The van der Waals surface area contributed by atoms with Crippen molar-refractivity contribution in [1.29, 1.82) is 0 Å². The Morgan fingerprint density at radius 3 is 2.89 bits per heavy atom. The van der Waals surface area contributed by atoms with Crippen molar-refractivity contribution in [3.63, 3.8) is 0 Å². The molecule has 2 rings (SSSR count). The zero-order chi connectivity index (χ0) is 13.5. The second-order valence-corrected chi connectivity index (χ2v) is 4.74. The molecule has 1 fully saturated rings. The third-order valence-electron chi connectivity index (χ3n) is 3.09. The smallest absolute Gasteiger partial charge is 0.257 e. The summed E-state index contributed by atoms with van der Waals surface area (Å²) in [5.41, 5.74) is 6.24. The zero-order valence-electron chi connectivity index (χ0n) is 10.9. The lowest BCUT2D eigenvalue weighted by Gasteiger charge is -2.22. The van der Waals surface area contributed by atoms with Crippen LogP contribution in [0, 0.1) is 5.92 Å². The Bertz CT molecular complexity index is 400. The van der Waals surface area contributed by atoms with Gasteiger partial charge < -0.3 is 20.5 Å². The van der Waals surface area contributed by atoms with Gasteiger partial charge in [0.05, 0.1) is 6.61 Å². The summed E-state index contributed by atoms with van der Waals surface area (Å²) in [6.45, 7) is 2.26. The molecular formula is C14H20N2O3. The van der Waals surface area contributed by atoms with Crippen molar-refractivity contribution in [2.24, 2.45) is 5.92 Å². The molecule has 1 atom stereocenters.